The smallest absolute Gasteiger partial charge is 0.322 e. The van der Waals surface area contributed by atoms with Crippen molar-refractivity contribution in [2.75, 3.05) is 18.9 Å². The number of thiazole rings is 1. The van der Waals surface area contributed by atoms with Gasteiger partial charge in [0, 0.05) is 13.6 Å². The van der Waals surface area contributed by atoms with Gasteiger partial charge in [0.15, 0.2) is 0 Å². The predicted octanol–water partition coefficient (Wildman–Crippen LogP) is 2.45. The number of carboxylic acids is 1. The van der Waals surface area contributed by atoms with Crippen LogP contribution in [0, 0.1) is 5.92 Å². The van der Waals surface area contributed by atoms with Crippen LogP contribution in [0.15, 0.2) is 5.51 Å². The van der Waals surface area contributed by atoms with Crippen molar-refractivity contribution in [3.8, 4) is 0 Å². The summed E-state index contributed by atoms with van der Waals surface area (Å²) >= 11 is 1.36. The summed E-state index contributed by atoms with van der Waals surface area (Å²) in [4.78, 5) is 28.3. The minimum Gasteiger partial charge on any atom is -0.481 e. The predicted molar refractivity (Wildman–Crippen MR) is 74.7 cm³/mol. The van der Waals surface area contributed by atoms with Crippen molar-refractivity contribution in [2.24, 2.45) is 5.92 Å². The normalized spacial score (nSPS) is 12.3. The van der Waals surface area contributed by atoms with Gasteiger partial charge in [-0.1, -0.05) is 20.8 Å². The molecule has 0 fully saturated rings. The van der Waals surface area contributed by atoms with Crippen LogP contribution in [-0.2, 0) is 4.79 Å². The molecule has 1 heterocycles. The number of carboxylic acid groups (broad SMARTS) is 1. The second-order valence-electron chi connectivity index (χ2n) is 4.77. The van der Waals surface area contributed by atoms with E-state index in [0.717, 1.165) is 10.7 Å². The monoisotopic (exact) mass is 285 g/mol. The molecule has 0 saturated carbocycles. The summed E-state index contributed by atoms with van der Waals surface area (Å²) in [6.07, 6.45) is 0. The van der Waals surface area contributed by atoms with Crippen LogP contribution in [-0.4, -0.2) is 40.6 Å². The van der Waals surface area contributed by atoms with E-state index in [1.165, 1.54) is 16.2 Å². The highest BCUT2D eigenvalue weighted by molar-refractivity contribution is 7.14. The molecule has 0 bridgehead atoms. The fourth-order valence-electron chi connectivity index (χ4n) is 1.52. The summed E-state index contributed by atoms with van der Waals surface area (Å²) in [5.74, 6) is -1.29. The number of aliphatic carboxylic acids is 1. The quantitative estimate of drug-likeness (QED) is 0.870. The van der Waals surface area contributed by atoms with Gasteiger partial charge in [-0.15, -0.1) is 11.3 Å². The highest BCUT2D eigenvalue weighted by Gasteiger charge is 2.19. The highest BCUT2D eigenvalue weighted by Crippen LogP contribution is 2.27. The molecule has 1 atom stereocenters. The van der Waals surface area contributed by atoms with Crippen LogP contribution in [0.2, 0.25) is 0 Å². The zero-order chi connectivity index (χ0) is 14.6. The first-order valence-corrected chi connectivity index (χ1v) is 6.89. The molecule has 0 spiro atoms. The molecule has 2 N–H and O–H groups in total. The van der Waals surface area contributed by atoms with Gasteiger partial charge in [0.2, 0.25) is 0 Å². The molecule has 0 aromatic carbocycles. The van der Waals surface area contributed by atoms with Crippen molar-refractivity contribution in [3.63, 3.8) is 0 Å². The first-order valence-electron chi connectivity index (χ1n) is 6.01. The molecule has 0 saturated heterocycles. The molecule has 1 aromatic heterocycles. The topological polar surface area (TPSA) is 82.5 Å². The maximum absolute atomic E-state index is 11.9. The molecule has 19 heavy (non-hydrogen) atoms. The standard InChI is InChI=1S/C12H19N3O3S/c1-7(2)9-10(19-6-13-9)14-12(18)15(4)5-8(3)11(16)17/h6-8H,5H2,1-4H3,(H,14,18)(H,16,17). The lowest BCUT2D eigenvalue weighted by Gasteiger charge is -2.20. The Morgan fingerprint density at radius 3 is 2.63 bits per heavy atom. The van der Waals surface area contributed by atoms with E-state index in [1.54, 1.807) is 19.5 Å². The Morgan fingerprint density at radius 1 is 1.47 bits per heavy atom. The van der Waals surface area contributed by atoms with Crippen LogP contribution in [0.1, 0.15) is 32.4 Å². The molecule has 0 aliphatic heterocycles. The summed E-state index contributed by atoms with van der Waals surface area (Å²) in [5.41, 5.74) is 2.53. The number of carbonyl (C=O) groups excluding carboxylic acids is 1. The average Bonchev–Trinajstić information content (AvgIpc) is 2.76. The molecule has 0 aliphatic carbocycles. The van der Waals surface area contributed by atoms with Crippen LogP contribution in [0.5, 0.6) is 0 Å². The Kier molecular flexibility index (Phi) is 5.29. The number of hydrogen-bond donors (Lipinski definition) is 2. The fraction of sp³-hybridized carbons (Fsp3) is 0.583. The summed E-state index contributed by atoms with van der Waals surface area (Å²) in [6.45, 7) is 5.73. The molecule has 106 valence electrons. The lowest BCUT2D eigenvalue weighted by atomic mass is 10.1. The van der Waals surface area contributed by atoms with Crippen molar-refractivity contribution in [2.45, 2.75) is 26.7 Å². The maximum atomic E-state index is 11.9. The van der Waals surface area contributed by atoms with Gasteiger partial charge in [0.1, 0.15) is 5.00 Å². The SMILES string of the molecule is CC(CN(C)C(=O)Nc1scnc1C(C)C)C(=O)O. The zero-order valence-electron chi connectivity index (χ0n) is 11.5. The molecule has 1 rings (SSSR count). The molecule has 0 aliphatic rings. The fourth-order valence-corrected chi connectivity index (χ4v) is 2.35. The molecule has 1 unspecified atom stereocenters. The molecule has 7 heteroatoms. The largest absolute Gasteiger partial charge is 0.481 e. The third kappa shape index (κ3) is 4.20. The Balaban J connectivity index is 2.64. The summed E-state index contributed by atoms with van der Waals surface area (Å²) < 4.78 is 0. The van der Waals surface area contributed by atoms with E-state index in [-0.39, 0.29) is 18.5 Å². The number of hydrogen-bond acceptors (Lipinski definition) is 4. The minimum atomic E-state index is -0.916. The molecule has 1 aromatic rings. The summed E-state index contributed by atoms with van der Waals surface area (Å²) in [6, 6.07) is -0.320. The lowest BCUT2D eigenvalue weighted by molar-refractivity contribution is -0.141. The van der Waals surface area contributed by atoms with E-state index in [2.05, 4.69) is 10.3 Å². The van der Waals surface area contributed by atoms with E-state index in [1.807, 2.05) is 13.8 Å². The number of nitrogens with one attached hydrogen (secondary N) is 1. The first kappa shape index (κ1) is 15.4. The Morgan fingerprint density at radius 2 is 2.11 bits per heavy atom. The van der Waals surface area contributed by atoms with Gasteiger partial charge >= 0.3 is 12.0 Å². The molecule has 0 radical (unpaired) electrons. The van der Waals surface area contributed by atoms with Gasteiger partial charge in [0.05, 0.1) is 17.1 Å². The van der Waals surface area contributed by atoms with Gasteiger partial charge in [-0.3, -0.25) is 10.1 Å². The van der Waals surface area contributed by atoms with Crippen molar-refractivity contribution >= 4 is 28.3 Å². The van der Waals surface area contributed by atoms with Gasteiger partial charge in [0.25, 0.3) is 0 Å². The summed E-state index contributed by atoms with van der Waals surface area (Å²) in [7, 11) is 1.57. The second-order valence-corrected chi connectivity index (χ2v) is 5.63. The van der Waals surface area contributed by atoms with E-state index in [0.29, 0.717) is 0 Å². The number of urea groups is 1. The Bertz CT molecular complexity index is 459. The number of nitrogens with zero attached hydrogens (tertiary/aromatic N) is 2. The van der Waals surface area contributed by atoms with E-state index >= 15 is 0 Å². The van der Waals surface area contributed by atoms with Crippen molar-refractivity contribution in [3.05, 3.63) is 11.2 Å². The summed E-state index contributed by atoms with van der Waals surface area (Å²) in [5, 5.41) is 12.3. The van der Waals surface area contributed by atoms with E-state index in [4.69, 9.17) is 5.11 Å². The van der Waals surface area contributed by atoms with Gasteiger partial charge in [-0.05, 0) is 5.92 Å². The Hall–Kier alpha value is -1.63. The third-order valence-electron chi connectivity index (χ3n) is 2.68. The molecule has 2 amide bonds. The van der Waals surface area contributed by atoms with Gasteiger partial charge < -0.3 is 10.0 Å². The van der Waals surface area contributed by atoms with Gasteiger partial charge in [-0.2, -0.15) is 0 Å². The van der Waals surface area contributed by atoms with E-state index in [9.17, 15) is 9.59 Å². The molecular formula is C12H19N3O3S. The molecular weight excluding hydrogens is 266 g/mol. The van der Waals surface area contributed by atoms with Crippen LogP contribution in [0.3, 0.4) is 0 Å². The number of rotatable bonds is 5. The number of aromatic nitrogens is 1. The number of carbonyl (C=O) groups is 2. The highest BCUT2D eigenvalue weighted by atomic mass is 32.1. The molecule has 6 nitrogen and oxygen atoms in total. The van der Waals surface area contributed by atoms with Crippen molar-refractivity contribution < 1.29 is 14.7 Å². The minimum absolute atomic E-state index is 0.164. The second kappa shape index (κ2) is 6.51. The van der Waals surface area contributed by atoms with Crippen molar-refractivity contribution in [1.82, 2.24) is 9.88 Å². The zero-order valence-corrected chi connectivity index (χ0v) is 12.3. The Labute approximate surface area is 116 Å². The van der Waals surface area contributed by atoms with Crippen LogP contribution in [0.4, 0.5) is 9.80 Å². The third-order valence-corrected chi connectivity index (χ3v) is 3.44. The first-order chi connectivity index (χ1) is 8.82. The maximum Gasteiger partial charge on any atom is 0.322 e. The lowest BCUT2D eigenvalue weighted by Crippen LogP contribution is -2.36. The van der Waals surface area contributed by atoms with Crippen LogP contribution in [0.25, 0.3) is 0 Å². The number of anilines is 1. The van der Waals surface area contributed by atoms with Crippen molar-refractivity contribution in [1.29, 1.82) is 0 Å². The van der Waals surface area contributed by atoms with E-state index < -0.39 is 11.9 Å². The van der Waals surface area contributed by atoms with Crippen LogP contribution < -0.4 is 5.32 Å². The average molecular weight is 285 g/mol. The van der Waals surface area contributed by atoms with Gasteiger partial charge in [-0.25, -0.2) is 9.78 Å². The van der Waals surface area contributed by atoms with Crippen LogP contribution >= 0.6 is 11.3 Å². The number of amides is 2.